The van der Waals surface area contributed by atoms with E-state index in [1.165, 1.54) is 4.90 Å². The van der Waals surface area contributed by atoms with E-state index in [2.05, 4.69) is 15.7 Å². The number of aryl methyl sites for hydroxylation is 1. The van der Waals surface area contributed by atoms with Gasteiger partial charge in [0.1, 0.15) is 0 Å². The van der Waals surface area contributed by atoms with Crippen LogP contribution in [-0.2, 0) is 21.9 Å². The van der Waals surface area contributed by atoms with Gasteiger partial charge >= 0.3 is 0 Å². The number of rotatable bonds is 7. The summed E-state index contributed by atoms with van der Waals surface area (Å²) in [5, 5.41) is 6.00. The molecule has 0 spiro atoms. The van der Waals surface area contributed by atoms with Crippen molar-refractivity contribution in [2.24, 2.45) is 0 Å². The van der Waals surface area contributed by atoms with E-state index in [4.69, 9.17) is 0 Å². The molecule has 0 bridgehead atoms. The summed E-state index contributed by atoms with van der Waals surface area (Å²) in [6, 6.07) is 14.7. The van der Waals surface area contributed by atoms with Crippen molar-refractivity contribution in [1.29, 1.82) is 0 Å². The topological polar surface area (TPSA) is 79.4 Å². The Hall–Kier alpha value is -2.97. The van der Waals surface area contributed by atoms with E-state index in [0.29, 0.717) is 11.3 Å². The summed E-state index contributed by atoms with van der Waals surface area (Å²) in [5.41, 5.74) is 3.14. The average molecular weight is 452 g/mol. The van der Waals surface area contributed by atoms with Gasteiger partial charge in [0.15, 0.2) is 0 Å². The predicted octanol–water partition coefficient (Wildman–Crippen LogP) is 4.65. The molecule has 3 aromatic rings. The number of thioether (sulfide) groups is 1. The third kappa shape index (κ3) is 5.39. The summed E-state index contributed by atoms with van der Waals surface area (Å²) >= 11 is 3.33. The first-order valence-electron chi connectivity index (χ1n) is 9.85. The number of aromatic nitrogens is 1. The van der Waals surface area contributed by atoms with Crippen molar-refractivity contribution in [2.45, 2.75) is 37.0 Å². The summed E-state index contributed by atoms with van der Waals surface area (Å²) in [4.78, 5) is 42.8. The molecule has 1 aromatic heterocycles. The normalized spacial score (nSPS) is 13.6. The standard InChI is InChI=1S/C23H21N3O3S2/c1-15-24-19(13-30-15)14-31-20-8-4-17(5-9-20)23(29)25-18-6-2-16(3-7-18)12-26-21(27)10-11-22(26)28/h2-9,13H,10-12,14H2,1H3,(H,25,29). The molecule has 1 aliphatic heterocycles. The molecular formula is C23H21N3O3S2. The summed E-state index contributed by atoms with van der Waals surface area (Å²) in [6.07, 6.45) is 0.573. The molecule has 158 valence electrons. The molecule has 2 aromatic carbocycles. The highest BCUT2D eigenvalue weighted by Crippen LogP contribution is 2.24. The largest absolute Gasteiger partial charge is 0.322 e. The molecule has 3 amide bonds. The van der Waals surface area contributed by atoms with Crippen LogP contribution < -0.4 is 5.32 Å². The van der Waals surface area contributed by atoms with Crippen LogP contribution in [-0.4, -0.2) is 27.6 Å². The monoisotopic (exact) mass is 451 g/mol. The minimum Gasteiger partial charge on any atom is -0.322 e. The van der Waals surface area contributed by atoms with Gasteiger partial charge in [-0.25, -0.2) is 4.98 Å². The van der Waals surface area contributed by atoms with Crippen LogP contribution in [0.4, 0.5) is 5.69 Å². The Bertz CT molecular complexity index is 1090. The molecule has 1 saturated heterocycles. The highest BCUT2D eigenvalue weighted by Gasteiger charge is 2.28. The minimum atomic E-state index is -0.190. The SMILES string of the molecule is Cc1nc(CSc2ccc(C(=O)Nc3ccc(CN4C(=O)CCC4=O)cc3)cc2)cs1. The van der Waals surface area contributed by atoms with E-state index < -0.39 is 0 Å². The molecule has 0 atom stereocenters. The molecule has 6 nitrogen and oxygen atoms in total. The molecule has 8 heteroatoms. The number of likely N-dealkylation sites (tertiary alicyclic amines) is 1. The third-order valence-corrected chi connectivity index (χ3v) is 6.75. The molecule has 0 unspecified atom stereocenters. The molecular weight excluding hydrogens is 430 g/mol. The highest BCUT2D eigenvalue weighted by atomic mass is 32.2. The Kier molecular flexibility index (Phi) is 6.48. The summed E-state index contributed by atoms with van der Waals surface area (Å²) in [7, 11) is 0. The first-order chi connectivity index (χ1) is 15.0. The Morgan fingerprint density at radius 3 is 2.35 bits per heavy atom. The molecule has 1 fully saturated rings. The van der Waals surface area contributed by atoms with Crippen molar-refractivity contribution in [1.82, 2.24) is 9.88 Å². The highest BCUT2D eigenvalue weighted by molar-refractivity contribution is 7.98. The summed E-state index contributed by atoms with van der Waals surface area (Å²) in [5.74, 6) is 0.345. The van der Waals surface area contributed by atoms with Gasteiger partial charge in [-0.05, 0) is 48.9 Å². The van der Waals surface area contributed by atoms with Gasteiger partial charge < -0.3 is 5.32 Å². The van der Waals surface area contributed by atoms with Crippen molar-refractivity contribution in [3.63, 3.8) is 0 Å². The van der Waals surface area contributed by atoms with Crippen LogP contribution >= 0.6 is 23.1 Å². The lowest BCUT2D eigenvalue weighted by molar-refractivity contribution is -0.139. The average Bonchev–Trinajstić information content (AvgIpc) is 3.33. The van der Waals surface area contributed by atoms with E-state index in [9.17, 15) is 14.4 Å². The predicted molar refractivity (Wildman–Crippen MR) is 122 cm³/mol. The van der Waals surface area contributed by atoms with Crippen LogP contribution in [0.2, 0.25) is 0 Å². The second-order valence-corrected chi connectivity index (χ2v) is 9.31. The van der Waals surface area contributed by atoms with Gasteiger partial charge in [0.2, 0.25) is 11.8 Å². The van der Waals surface area contributed by atoms with E-state index in [0.717, 1.165) is 26.9 Å². The lowest BCUT2D eigenvalue weighted by Gasteiger charge is -2.14. The number of hydrogen-bond acceptors (Lipinski definition) is 6. The minimum absolute atomic E-state index is 0.134. The number of nitrogens with one attached hydrogen (secondary N) is 1. The Balaban J connectivity index is 1.31. The second-order valence-electron chi connectivity index (χ2n) is 7.20. The van der Waals surface area contributed by atoms with Gasteiger partial charge in [0, 0.05) is 40.1 Å². The maximum Gasteiger partial charge on any atom is 0.255 e. The first-order valence-corrected chi connectivity index (χ1v) is 11.7. The number of anilines is 1. The number of nitrogens with zero attached hydrogens (tertiary/aromatic N) is 2. The number of benzene rings is 2. The van der Waals surface area contributed by atoms with Crippen LogP contribution in [0, 0.1) is 6.92 Å². The zero-order valence-electron chi connectivity index (χ0n) is 17.0. The van der Waals surface area contributed by atoms with Gasteiger partial charge in [-0.3, -0.25) is 19.3 Å². The fourth-order valence-corrected chi connectivity index (χ4v) is 4.72. The van der Waals surface area contributed by atoms with E-state index in [-0.39, 0.29) is 37.1 Å². The Morgan fingerprint density at radius 2 is 1.74 bits per heavy atom. The smallest absolute Gasteiger partial charge is 0.255 e. The fraction of sp³-hybridized carbons (Fsp3) is 0.217. The van der Waals surface area contributed by atoms with Crippen LogP contribution in [0.3, 0.4) is 0 Å². The number of thiazole rings is 1. The number of carbonyl (C=O) groups excluding carboxylic acids is 3. The molecule has 1 aliphatic rings. The quantitative estimate of drug-likeness (QED) is 0.418. The van der Waals surface area contributed by atoms with Crippen LogP contribution in [0.15, 0.2) is 58.8 Å². The van der Waals surface area contributed by atoms with Gasteiger partial charge in [0.05, 0.1) is 17.2 Å². The van der Waals surface area contributed by atoms with Crippen LogP contribution in [0.1, 0.15) is 39.5 Å². The molecule has 4 rings (SSSR count). The molecule has 0 radical (unpaired) electrons. The lowest BCUT2D eigenvalue weighted by atomic mass is 10.1. The number of imide groups is 1. The molecule has 1 N–H and O–H groups in total. The zero-order valence-corrected chi connectivity index (χ0v) is 18.6. The fourth-order valence-electron chi connectivity index (χ4n) is 3.21. The van der Waals surface area contributed by atoms with Crippen LogP contribution in [0.5, 0.6) is 0 Å². The third-order valence-electron chi connectivity index (χ3n) is 4.88. The Labute approximate surface area is 188 Å². The van der Waals surface area contributed by atoms with Gasteiger partial charge in [-0.2, -0.15) is 0 Å². The summed E-state index contributed by atoms with van der Waals surface area (Å²) < 4.78 is 0. The van der Waals surface area contributed by atoms with Crippen molar-refractivity contribution in [3.05, 3.63) is 75.7 Å². The molecule has 0 saturated carbocycles. The van der Waals surface area contributed by atoms with Gasteiger partial charge in [-0.15, -0.1) is 23.1 Å². The summed E-state index contributed by atoms with van der Waals surface area (Å²) in [6.45, 7) is 2.26. The Morgan fingerprint density at radius 1 is 1.06 bits per heavy atom. The lowest BCUT2D eigenvalue weighted by Crippen LogP contribution is -2.28. The van der Waals surface area contributed by atoms with Gasteiger partial charge in [0.25, 0.3) is 5.91 Å². The van der Waals surface area contributed by atoms with Crippen molar-refractivity contribution >= 4 is 46.5 Å². The maximum atomic E-state index is 12.5. The van der Waals surface area contributed by atoms with Crippen molar-refractivity contribution in [3.8, 4) is 0 Å². The van der Waals surface area contributed by atoms with Gasteiger partial charge in [-0.1, -0.05) is 12.1 Å². The van der Waals surface area contributed by atoms with Crippen molar-refractivity contribution in [2.75, 3.05) is 5.32 Å². The zero-order chi connectivity index (χ0) is 21.8. The van der Waals surface area contributed by atoms with Crippen molar-refractivity contribution < 1.29 is 14.4 Å². The van der Waals surface area contributed by atoms with E-state index in [1.807, 2.05) is 43.3 Å². The molecule has 0 aliphatic carbocycles. The van der Waals surface area contributed by atoms with Crippen LogP contribution in [0.25, 0.3) is 0 Å². The maximum absolute atomic E-state index is 12.5. The number of hydrogen-bond donors (Lipinski definition) is 1. The van der Waals surface area contributed by atoms with E-state index >= 15 is 0 Å². The number of carbonyl (C=O) groups is 3. The molecule has 31 heavy (non-hydrogen) atoms. The molecule has 2 heterocycles. The van der Waals surface area contributed by atoms with E-state index in [1.54, 1.807) is 35.2 Å². The second kappa shape index (κ2) is 9.45. The number of amides is 3. The first kappa shape index (κ1) is 21.3.